The van der Waals surface area contributed by atoms with Gasteiger partial charge < -0.3 is 4.90 Å². The Kier molecular flexibility index (Phi) is 5.54. The zero-order chi connectivity index (χ0) is 17.9. The summed E-state index contributed by atoms with van der Waals surface area (Å²) in [5, 5.41) is 0. The Labute approximate surface area is 148 Å². The number of rotatable bonds is 5. The topological polar surface area (TPSA) is 74.8 Å². The Morgan fingerprint density at radius 3 is 2.28 bits per heavy atom. The van der Waals surface area contributed by atoms with Crippen LogP contribution in [0.4, 0.5) is 0 Å². The normalized spacial score (nSPS) is 23.5. The summed E-state index contributed by atoms with van der Waals surface area (Å²) in [7, 11) is -2.88. The number of sulfone groups is 1. The first-order chi connectivity index (χ1) is 11.9. The van der Waals surface area contributed by atoms with E-state index in [1.165, 1.54) is 0 Å². The van der Waals surface area contributed by atoms with Crippen molar-refractivity contribution in [3.05, 3.63) is 35.9 Å². The van der Waals surface area contributed by atoms with E-state index < -0.39 is 9.84 Å². The zero-order valence-corrected chi connectivity index (χ0v) is 15.1. The van der Waals surface area contributed by atoms with Gasteiger partial charge in [0.25, 0.3) is 0 Å². The molecule has 1 aromatic carbocycles. The Bertz CT molecular complexity index is 725. The van der Waals surface area contributed by atoms with Gasteiger partial charge in [-0.05, 0) is 6.42 Å². The lowest BCUT2D eigenvalue weighted by Gasteiger charge is -2.37. The molecule has 0 unspecified atom stereocenters. The lowest BCUT2D eigenvalue weighted by atomic mass is 10.1. The van der Waals surface area contributed by atoms with Gasteiger partial charge in [-0.25, -0.2) is 8.42 Å². The summed E-state index contributed by atoms with van der Waals surface area (Å²) in [6, 6.07) is 9.12. The number of benzene rings is 1. The molecule has 7 heteroatoms. The quantitative estimate of drug-likeness (QED) is 0.728. The lowest BCUT2D eigenvalue weighted by molar-refractivity contribution is -0.133. The monoisotopic (exact) mass is 364 g/mol. The summed E-state index contributed by atoms with van der Waals surface area (Å²) >= 11 is 0. The van der Waals surface area contributed by atoms with Gasteiger partial charge in [0.2, 0.25) is 5.91 Å². The molecule has 136 valence electrons. The molecular formula is C18H24N2O4S. The minimum Gasteiger partial charge on any atom is -0.340 e. The maximum Gasteiger partial charge on any atom is 0.223 e. The van der Waals surface area contributed by atoms with Crippen molar-refractivity contribution in [1.82, 2.24) is 9.80 Å². The van der Waals surface area contributed by atoms with Crippen LogP contribution in [0, 0.1) is 0 Å². The van der Waals surface area contributed by atoms with Crippen LogP contribution in [0.5, 0.6) is 0 Å². The number of hydrogen-bond acceptors (Lipinski definition) is 5. The third-order valence-electron chi connectivity index (χ3n) is 5.05. The molecule has 3 rings (SSSR count). The molecule has 0 bridgehead atoms. The molecule has 25 heavy (non-hydrogen) atoms. The molecule has 0 N–H and O–H groups in total. The second kappa shape index (κ2) is 7.66. The number of hydrogen-bond donors (Lipinski definition) is 0. The first-order valence-electron chi connectivity index (χ1n) is 8.75. The molecule has 2 aliphatic heterocycles. The Morgan fingerprint density at radius 1 is 1.00 bits per heavy atom. The van der Waals surface area contributed by atoms with Gasteiger partial charge in [0, 0.05) is 50.6 Å². The third-order valence-corrected chi connectivity index (χ3v) is 6.80. The van der Waals surface area contributed by atoms with Crippen molar-refractivity contribution in [2.75, 3.05) is 37.7 Å². The van der Waals surface area contributed by atoms with Crippen LogP contribution in [0.25, 0.3) is 0 Å². The SMILES string of the molecule is O=C(CCC(=O)N1CCN([C@@H]2CCS(=O)(=O)C2)CC1)c1ccccc1. The molecule has 2 heterocycles. The van der Waals surface area contributed by atoms with Crippen LogP contribution in [0.1, 0.15) is 29.6 Å². The van der Waals surface area contributed by atoms with Crippen molar-refractivity contribution in [2.24, 2.45) is 0 Å². The Balaban J connectivity index is 1.43. The first-order valence-corrected chi connectivity index (χ1v) is 10.6. The van der Waals surface area contributed by atoms with Crippen LogP contribution in [-0.2, 0) is 14.6 Å². The van der Waals surface area contributed by atoms with Gasteiger partial charge in [-0.2, -0.15) is 0 Å². The molecule has 0 aliphatic carbocycles. The van der Waals surface area contributed by atoms with Gasteiger partial charge >= 0.3 is 0 Å². The molecule has 6 nitrogen and oxygen atoms in total. The van der Waals surface area contributed by atoms with Crippen molar-refractivity contribution in [2.45, 2.75) is 25.3 Å². The number of nitrogens with zero attached hydrogens (tertiary/aromatic N) is 2. The number of Topliss-reactive ketones (excluding diaryl/α,β-unsaturated/α-hetero) is 1. The number of carbonyl (C=O) groups is 2. The fourth-order valence-electron chi connectivity index (χ4n) is 3.55. The van der Waals surface area contributed by atoms with E-state index in [1.54, 1.807) is 17.0 Å². The molecule has 2 fully saturated rings. The highest BCUT2D eigenvalue weighted by Crippen LogP contribution is 2.19. The molecule has 0 spiro atoms. The Morgan fingerprint density at radius 2 is 1.68 bits per heavy atom. The van der Waals surface area contributed by atoms with E-state index in [-0.39, 0.29) is 42.1 Å². The molecule has 1 amide bonds. The van der Waals surface area contributed by atoms with E-state index in [1.807, 2.05) is 18.2 Å². The molecule has 2 aliphatic rings. The van der Waals surface area contributed by atoms with Crippen LogP contribution >= 0.6 is 0 Å². The highest BCUT2D eigenvalue weighted by Gasteiger charge is 2.34. The van der Waals surface area contributed by atoms with Gasteiger partial charge in [0.15, 0.2) is 15.6 Å². The van der Waals surface area contributed by atoms with E-state index in [2.05, 4.69) is 4.90 Å². The van der Waals surface area contributed by atoms with Crippen LogP contribution in [0.15, 0.2) is 30.3 Å². The maximum atomic E-state index is 12.3. The minimum absolute atomic E-state index is 0.00275. The highest BCUT2D eigenvalue weighted by atomic mass is 32.2. The summed E-state index contributed by atoms with van der Waals surface area (Å²) in [4.78, 5) is 28.4. The van der Waals surface area contributed by atoms with E-state index in [9.17, 15) is 18.0 Å². The van der Waals surface area contributed by atoms with Gasteiger partial charge in [-0.15, -0.1) is 0 Å². The second-order valence-corrected chi connectivity index (χ2v) is 8.99. The summed E-state index contributed by atoms with van der Waals surface area (Å²) in [5.74, 6) is 0.511. The predicted molar refractivity (Wildman–Crippen MR) is 95.2 cm³/mol. The number of carbonyl (C=O) groups excluding carboxylic acids is 2. The van der Waals surface area contributed by atoms with E-state index >= 15 is 0 Å². The third kappa shape index (κ3) is 4.67. The van der Waals surface area contributed by atoms with Crippen molar-refractivity contribution in [3.8, 4) is 0 Å². The highest BCUT2D eigenvalue weighted by molar-refractivity contribution is 7.91. The fraction of sp³-hybridized carbons (Fsp3) is 0.556. The zero-order valence-electron chi connectivity index (χ0n) is 14.3. The van der Waals surface area contributed by atoms with Gasteiger partial charge in [-0.1, -0.05) is 30.3 Å². The van der Waals surface area contributed by atoms with Crippen LogP contribution < -0.4 is 0 Å². The van der Waals surface area contributed by atoms with Crippen molar-refractivity contribution < 1.29 is 18.0 Å². The first kappa shape index (κ1) is 18.1. The minimum atomic E-state index is -2.88. The summed E-state index contributed by atoms with van der Waals surface area (Å²) < 4.78 is 23.2. The predicted octanol–water partition coefficient (Wildman–Crippen LogP) is 0.981. The maximum absolute atomic E-state index is 12.3. The molecule has 1 atom stereocenters. The number of amides is 1. The van der Waals surface area contributed by atoms with Crippen molar-refractivity contribution in [1.29, 1.82) is 0 Å². The summed E-state index contributed by atoms with van der Waals surface area (Å²) in [6.45, 7) is 2.63. The molecular weight excluding hydrogens is 340 g/mol. The van der Waals surface area contributed by atoms with Crippen molar-refractivity contribution in [3.63, 3.8) is 0 Å². The average molecular weight is 364 g/mol. The Hall–Kier alpha value is -1.73. The molecule has 1 aromatic rings. The van der Waals surface area contributed by atoms with E-state index in [0.29, 0.717) is 38.2 Å². The fourth-order valence-corrected chi connectivity index (χ4v) is 5.31. The van der Waals surface area contributed by atoms with Gasteiger partial charge in [0.05, 0.1) is 11.5 Å². The average Bonchev–Trinajstić information content (AvgIpc) is 3.00. The van der Waals surface area contributed by atoms with Crippen molar-refractivity contribution >= 4 is 21.5 Å². The van der Waals surface area contributed by atoms with Gasteiger partial charge in [-0.3, -0.25) is 14.5 Å². The molecule has 0 saturated carbocycles. The van der Waals surface area contributed by atoms with Crippen LogP contribution in [0.2, 0.25) is 0 Å². The summed E-state index contributed by atoms with van der Waals surface area (Å²) in [6.07, 6.45) is 1.15. The smallest absolute Gasteiger partial charge is 0.223 e. The molecule has 0 aromatic heterocycles. The van der Waals surface area contributed by atoms with Crippen LogP contribution in [-0.4, -0.2) is 73.6 Å². The van der Waals surface area contributed by atoms with Gasteiger partial charge in [0.1, 0.15) is 0 Å². The van der Waals surface area contributed by atoms with Crippen LogP contribution in [0.3, 0.4) is 0 Å². The van der Waals surface area contributed by atoms with E-state index in [4.69, 9.17) is 0 Å². The largest absolute Gasteiger partial charge is 0.340 e. The molecule has 0 radical (unpaired) electrons. The summed E-state index contributed by atoms with van der Waals surface area (Å²) in [5.41, 5.74) is 0.641. The number of ketones is 1. The molecule has 2 saturated heterocycles. The lowest BCUT2D eigenvalue weighted by Crippen LogP contribution is -2.52. The van der Waals surface area contributed by atoms with E-state index in [0.717, 1.165) is 0 Å². The number of piperazine rings is 1. The second-order valence-electron chi connectivity index (χ2n) is 6.76. The standard InChI is InChI=1S/C18H24N2O4S/c21-17(15-4-2-1-3-5-15)6-7-18(22)20-11-9-19(10-12-20)16-8-13-25(23,24)14-16/h1-5,16H,6-14H2/t16-/m1/s1.